The minimum Gasteiger partial charge on any atom is -0.370 e. The first-order valence-corrected chi connectivity index (χ1v) is 6.18. The molecule has 1 aromatic heterocycles. The van der Waals surface area contributed by atoms with E-state index in [1.54, 1.807) is 12.4 Å². The molecule has 1 saturated heterocycles. The van der Waals surface area contributed by atoms with Gasteiger partial charge in [0.25, 0.3) is 0 Å². The Balaban J connectivity index is 2.00. The van der Waals surface area contributed by atoms with Gasteiger partial charge in [0.15, 0.2) is 0 Å². The maximum Gasteiger partial charge on any atom is 0.391 e. The number of halogens is 4. The smallest absolute Gasteiger partial charge is 0.370 e. The molecular weight excluding hydrogens is 297 g/mol. The second-order valence-electron chi connectivity index (χ2n) is 4.16. The molecule has 0 radical (unpaired) electrons. The summed E-state index contributed by atoms with van der Waals surface area (Å²) in [5.41, 5.74) is 0.875. The van der Waals surface area contributed by atoms with Crippen molar-refractivity contribution in [2.24, 2.45) is 5.92 Å². The molecule has 0 aliphatic carbocycles. The number of piperidine rings is 1. The molecule has 0 spiro atoms. The van der Waals surface area contributed by atoms with Crippen LogP contribution in [0.2, 0.25) is 0 Å². The lowest BCUT2D eigenvalue weighted by Crippen LogP contribution is -2.39. The van der Waals surface area contributed by atoms with Crippen LogP contribution in [0.5, 0.6) is 0 Å². The zero-order valence-corrected chi connectivity index (χ0v) is 10.6. The molecule has 0 unspecified atom stereocenters. The Kier molecular flexibility index (Phi) is 3.61. The predicted molar refractivity (Wildman–Crippen MR) is 62.9 cm³/mol. The van der Waals surface area contributed by atoms with E-state index in [2.05, 4.69) is 20.9 Å². The maximum atomic E-state index is 12.5. The molecule has 0 aromatic carbocycles. The van der Waals surface area contributed by atoms with E-state index in [0.29, 0.717) is 13.1 Å². The van der Waals surface area contributed by atoms with Crippen molar-refractivity contribution in [2.75, 3.05) is 18.0 Å². The normalized spacial score (nSPS) is 18.5. The third-order valence-corrected chi connectivity index (χ3v) is 3.45. The molecule has 1 aliphatic heterocycles. The topological polar surface area (TPSA) is 16.1 Å². The fraction of sp³-hybridized carbons (Fsp3) is 0.545. The Bertz CT molecular complexity index is 387. The average molecular weight is 309 g/mol. The van der Waals surface area contributed by atoms with Crippen LogP contribution in [-0.4, -0.2) is 24.2 Å². The highest BCUT2D eigenvalue weighted by atomic mass is 79.9. The molecule has 6 heteroatoms. The van der Waals surface area contributed by atoms with E-state index in [1.807, 2.05) is 11.0 Å². The van der Waals surface area contributed by atoms with Crippen LogP contribution in [0.25, 0.3) is 0 Å². The summed E-state index contributed by atoms with van der Waals surface area (Å²) in [6.07, 6.45) is -0.391. The zero-order chi connectivity index (χ0) is 12.5. The van der Waals surface area contributed by atoms with Gasteiger partial charge in [-0.3, -0.25) is 4.98 Å². The second kappa shape index (κ2) is 4.84. The molecule has 0 atom stereocenters. The van der Waals surface area contributed by atoms with Gasteiger partial charge in [0.05, 0.1) is 17.8 Å². The van der Waals surface area contributed by atoms with Crippen LogP contribution in [0.1, 0.15) is 12.8 Å². The first kappa shape index (κ1) is 12.7. The Morgan fingerprint density at radius 3 is 2.41 bits per heavy atom. The lowest BCUT2D eigenvalue weighted by Gasteiger charge is -2.34. The summed E-state index contributed by atoms with van der Waals surface area (Å²) in [7, 11) is 0. The van der Waals surface area contributed by atoms with E-state index in [4.69, 9.17) is 0 Å². The van der Waals surface area contributed by atoms with Gasteiger partial charge >= 0.3 is 6.18 Å². The maximum absolute atomic E-state index is 12.5. The Morgan fingerprint density at radius 2 is 1.88 bits per heavy atom. The molecule has 0 amide bonds. The summed E-state index contributed by atoms with van der Waals surface area (Å²) in [4.78, 5) is 5.96. The number of hydrogen-bond donors (Lipinski definition) is 0. The fourth-order valence-electron chi connectivity index (χ4n) is 2.04. The Hall–Kier alpha value is -0.780. The van der Waals surface area contributed by atoms with E-state index < -0.39 is 12.1 Å². The number of nitrogens with zero attached hydrogens (tertiary/aromatic N) is 2. The molecular formula is C11H12BrF3N2. The van der Waals surface area contributed by atoms with Crippen LogP contribution >= 0.6 is 15.9 Å². The molecule has 0 saturated carbocycles. The average Bonchev–Trinajstić information content (AvgIpc) is 2.28. The first-order valence-electron chi connectivity index (χ1n) is 5.39. The van der Waals surface area contributed by atoms with Gasteiger partial charge in [-0.1, -0.05) is 0 Å². The monoisotopic (exact) mass is 308 g/mol. The molecule has 2 heterocycles. The molecule has 0 bridgehead atoms. The van der Waals surface area contributed by atoms with E-state index in [0.717, 1.165) is 10.2 Å². The highest BCUT2D eigenvalue weighted by Gasteiger charge is 2.41. The molecule has 1 aromatic rings. The lowest BCUT2D eigenvalue weighted by atomic mass is 9.96. The highest BCUT2D eigenvalue weighted by molar-refractivity contribution is 9.10. The van der Waals surface area contributed by atoms with Crippen LogP contribution in [0.3, 0.4) is 0 Å². The molecule has 1 aliphatic rings. The quantitative estimate of drug-likeness (QED) is 0.787. The zero-order valence-electron chi connectivity index (χ0n) is 9.04. The van der Waals surface area contributed by atoms with Gasteiger partial charge in [-0.05, 0) is 34.8 Å². The van der Waals surface area contributed by atoms with E-state index in [1.165, 1.54) is 0 Å². The SMILES string of the molecule is FC(F)(F)C1CCN(c2cncc(Br)c2)CC1. The minimum absolute atomic E-state index is 0.163. The number of anilines is 1. The standard InChI is InChI=1S/C11H12BrF3N2/c12-9-5-10(7-16-6-9)17-3-1-8(2-4-17)11(13,14)15/h5-8H,1-4H2. The van der Waals surface area contributed by atoms with Crippen molar-refractivity contribution in [1.29, 1.82) is 0 Å². The van der Waals surface area contributed by atoms with Crippen molar-refractivity contribution in [2.45, 2.75) is 19.0 Å². The summed E-state index contributed by atoms with van der Waals surface area (Å²) in [6.45, 7) is 0.866. The minimum atomic E-state index is -4.05. The van der Waals surface area contributed by atoms with Gasteiger partial charge < -0.3 is 4.90 Å². The number of rotatable bonds is 1. The largest absolute Gasteiger partial charge is 0.391 e. The van der Waals surface area contributed by atoms with E-state index in [-0.39, 0.29) is 12.8 Å². The number of hydrogen-bond acceptors (Lipinski definition) is 2. The Labute approximate surface area is 106 Å². The summed E-state index contributed by atoms with van der Waals surface area (Å²) in [6, 6.07) is 1.88. The van der Waals surface area contributed by atoms with Gasteiger partial charge in [0, 0.05) is 23.8 Å². The number of pyridine rings is 1. The van der Waals surface area contributed by atoms with E-state index in [9.17, 15) is 13.2 Å². The summed E-state index contributed by atoms with van der Waals surface area (Å²) in [5, 5.41) is 0. The van der Waals surface area contributed by atoms with E-state index >= 15 is 0 Å². The van der Waals surface area contributed by atoms with Crippen molar-refractivity contribution in [3.05, 3.63) is 22.9 Å². The van der Waals surface area contributed by atoms with Crippen LogP contribution < -0.4 is 4.90 Å². The van der Waals surface area contributed by atoms with Crippen molar-refractivity contribution in [3.63, 3.8) is 0 Å². The van der Waals surface area contributed by atoms with Crippen molar-refractivity contribution in [3.8, 4) is 0 Å². The van der Waals surface area contributed by atoms with Crippen molar-refractivity contribution in [1.82, 2.24) is 4.98 Å². The molecule has 0 N–H and O–H groups in total. The van der Waals surface area contributed by atoms with Gasteiger partial charge in [-0.25, -0.2) is 0 Å². The molecule has 17 heavy (non-hydrogen) atoms. The van der Waals surface area contributed by atoms with Gasteiger partial charge in [0.1, 0.15) is 0 Å². The molecule has 94 valence electrons. The third kappa shape index (κ3) is 3.12. The molecule has 1 fully saturated rings. The third-order valence-electron chi connectivity index (χ3n) is 3.01. The van der Waals surface area contributed by atoms with Gasteiger partial charge in [-0.2, -0.15) is 13.2 Å². The van der Waals surface area contributed by atoms with Crippen LogP contribution in [0.4, 0.5) is 18.9 Å². The molecule has 2 rings (SSSR count). The van der Waals surface area contributed by atoms with Crippen LogP contribution in [0, 0.1) is 5.92 Å². The summed E-state index contributed by atoms with van der Waals surface area (Å²) >= 11 is 3.30. The second-order valence-corrected chi connectivity index (χ2v) is 5.08. The highest BCUT2D eigenvalue weighted by Crippen LogP contribution is 2.35. The molecule has 2 nitrogen and oxygen atoms in total. The van der Waals surface area contributed by atoms with Crippen LogP contribution in [-0.2, 0) is 0 Å². The Morgan fingerprint density at radius 1 is 1.24 bits per heavy atom. The van der Waals surface area contributed by atoms with Crippen molar-refractivity contribution < 1.29 is 13.2 Å². The number of aromatic nitrogens is 1. The van der Waals surface area contributed by atoms with Crippen molar-refractivity contribution >= 4 is 21.6 Å². The number of alkyl halides is 3. The summed E-state index contributed by atoms with van der Waals surface area (Å²) < 4.78 is 38.3. The first-order chi connectivity index (χ1) is 7.97. The summed E-state index contributed by atoms with van der Waals surface area (Å²) in [5.74, 6) is -1.15. The lowest BCUT2D eigenvalue weighted by molar-refractivity contribution is -0.179. The predicted octanol–water partition coefficient (Wildman–Crippen LogP) is 3.62. The van der Waals surface area contributed by atoms with Crippen LogP contribution in [0.15, 0.2) is 22.9 Å². The van der Waals surface area contributed by atoms with Gasteiger partial charge in [-0.15, -0.1) is 0 Å². The van der Waals surface area contributed by atoms with Gasteiger partial charge in [0.2, 0.25) is 0 Å². The fourth-order valence-corrected chi connectivity index (χ4v) is 2.39.